The van der Waals surface area contributed by atoms with Gasteiger partial charge in [0.05, 0.1) is 7.11 Å². The van der Waals surface area contributed by atoms with Crippen molar-refractivity contribution < 1.29 is 4.74 Å². The first-order chi connectivity index (χ1) is 6.54. The van der Waals surface area contributed by atoms with E-state index >= 15 is 0 Å². The average Bonchev–Trinajstić information content (AvgIpc) is 2.11. The second-order valence-electron chi connectivity index (χ2n) is 3.60. The zero-order chi connectivity index (χ0) is 10.7. The Morgan fingerprint density at radius 1 is 1.50 bits per heavy atom. The van der Waals surface area contributed by atoms with E-state index in [-0.39, 0.29) is 6.04 Å². The van der Waals surface area contributed by atoms with Gasteiger partial charge in [0.25, 0.3) is 0 Å². The van der Waals surface area contributed by atoms with E-state index in [1.54, 1.807) is 7.11 Å². The predicted octanol–water partition coefficient (Wildman–Crippen LogP) is 2.66. The summed E-state index contributed by atoms with van der Waals surface area (Å²) in [6.45, 7) is 4.05. The van der Waals surface area contributed by atoms with Crippen molar-refractivity contribution in [3.8, 4) is 5.75 Å². The molecule has 0 aromatic heterocycles. The molecule has 1 aromatic carbocycles. The van der Waals surface area contributed by atoms with Crippen molar-refractivity contribution in [2.45, 2.75) is 26.3 Å². The lowest BCUT2D eigenvalue weighted by Crippen LogP contribution is -2.18. The number of benzene rings is 1. The number of hydrogen-bond donors (Lipinski definition) is 1. The summed E-state index contributed by atoms with van der Waals surface area (Å²) >= 11 is 3.56. The van der Waals surface area contributed by atoms with Crippen molar-refractivity contribution in [3.63, 3.8) is 0 Å². The molecule has 3 heteroatoms. The molecule has 1 unspecified atom stereocenters. The Morgan fingerprint density at radius 3 is 2.64 bits per heavy atom. The van der Waals surface area contributed by atoms with E-state index in [1.165, 1.54) is 11.1 Å². The van der Waals surface area contributed by atoms with Crippen LogP contribution in [0.3, 0.4) is 0 Å². The molecule has 0 spiro atoms. The second-order valence-corrected chi connectivity index (χ2v) is 4.39. The Morgan fingerprint density at radius 2 is 2.14 bits per heavy atom. The summed E-state index contributed by atoms with van der Waals surface area (Å²) in [5.74, 6) is 0.890. The van der Waals surface area contributed by atoms with Crippen molar-refractivity contribution in [1.29, 1.82) is 0 Å². The minimum atomic E-state index is 0.165. The number of ether oxygens (including phenoxy) is 1. The molecule has 0 fully saturated rings. The third-order valence-corrected chi connectivity index (χ3v) is 3.22. The molecule has 2 N–H and O–H groups in total. The number of halogens is 1. The number of aryl methyl sites for hydroxylation is 1. The van der Waals surface area contributed by atoms with E-state index in [9.17, 15) is 0 Å². The lowest BCUT2D eigenvalue weighted by molar-refractivity contribution is 0.413. The van der Waals surface area contributed by atoms with Gasteiger partial charge in [-0.1, -0.05) is 15.9 Å². The van der Waals surface area contributed by atoms with Crippen molar-refractivity contribution >= 4 is 15.9 Å². The molecule has 0 saturated carbocycles. The van der Waals surface area contributed by atoms with Crippen LogP contribution in [-0.2, 0) is 6.42 Å². The number of methoxy groups -OCH3 is 1. The Labute approximate surface area is 93.6 Å². The van der Waals surface area contributed by atoms with Gasteiger partial charge >= 0.3 is 0 Å². The first-order valence-electron chi connectivity index (χ1n) is 4.63. The highest BCUT2D eigenvalue weighted by Gasteiger charge is 2.07. The minimum Gasteiger partial charge on any atom is -0.497 e. The molecule has 0 amide bonds. The van der Waals surface area contributed by atoms with Crippen LogP contribution in [0.4, 0.5) is 0 Å². The van der Waals surface area contributed by atoms with Gasteiger partial charge in [0.1, 0.15) is 5.75 Å². The summed E-state index contributed by atoms with van der Waals surface area (Å²) in [4.78, 5) is 0. The highest BCUT2D eigenvalue weighted by atomic mass is 79.9. The van der Waals surface area contributed by atoms with E-state index in [2.05, 4.69) is 22.9 Å². The lowest BCUT2D eigenvalue weighted by atomic mass is 10.0. The van der Waals surface area contributed by atoms with Crippen LogP contribution < -0.4 is 10.5 Å². The fourth-order valence-corrected chi connectivity index (χ4v) is 1.81. The molecule has 2 nitrogen and oxygen atoms in total. The van der Waals surface area contributed by atoms with Gasteiger partial charge in [0.2, 0.25) is 0 Å². The maximum atomic E-state index is 5.77. The molecule has 0 aliphatic rings. The monoisotopic (exact) mass is 257 g/mol. The van der Waals surface area contributed by atoms with E-state index < -0.39 is 0 Å². The van der Waals surface area contributed by atoms with Crippen LogP contribution in [-0.4, -0.2) is 13.2 Å². The largest absolute Gasteiger partial charge is 0.497 e. The molecular formula is C11H16BrNO. The van der Waals surface area contributed by atoms with Gasteiger partial charge in [-0.05, 0) is 43.5 Å². The van der Waals surface area contributed by atoms with Gasteiger partial charge in [-0.2, -0.15) is 0 Å². The molecular weight excluding hydrogens is 242 g/mol. The van der Waals surface area contributed by atoms with Crippen LogP contribution in [0.5, 0.6) is 5.75 Å². The van der Waals surface area contributed by atoms with Gasteiger partial charge in [-0.15, -0.1) is 0 Å². The van der Waals surface area contributed by atoms with Crippen LogP contribution in [0.25, 0.3) is 0 Å². The van der Waals surface area contributed by atoms with Crippen molar-refractivity contribution in [1.82, 2.24) is 0 Å². The van der Waals surface area contributed by atoms with Crippen molar-refractivity contribution in [2.24, 2.45) is 5.73 Å². The molecule has 0 bridgehead atoms. The molecule has 0 aliphatic heterocycles. The molecule has 0 heterocycles. The molecule has 0 aliphatic carbocycles. The van der Waals surface area contributed by atoms with E-state index in [0.29, 0.717) is 0 Å². The van der Waals surface area contributed by atoms with Crippen molar-refractivity contribution in [2.75, 3.05) is 7.11 Å². The first kappa shape index (κ1) is 11.5. The first-order valence-corrected chi connectivity index (χ1v) is 5.42. The summed E-state index contributed by atoms with van der Waals surface area (Å²) < 4.78 is 6.35. The zero-order valence-corrected chi connectivity index (χ0v) is 10.4. The summed E-state index contributed by atoms with van der Waals surface area (Å²) in [6.07, 6.45) is 0.860. The molecule has 1 atom stereocenters. The van der Waals surface area contributed by atoms with Gasteiger partial charge in [0, 0.05) is 10.5 Å². The molecule has 1 aromatic rings. The van der Waals surface area contributed by atoms with Crippen LogP contribution >= 0.6 is 15.9 Å². The number of hydrogen-bond acceptors (Lipinski definition) is 2. The van der Waals surface area contributed by atoms with E-state index in [0.717, 1.165) is 16.6 Å². The molecule has 78 valence electrons. The van der Waals surface area contributed by atoms with E-state index in [1.807, 2.05) is 19.1 Å². The third-order valence-electron chi connectivity index (χ3n) is 2.08. The van der Waals surface area contributed by atoms with E-state index in [4.69, 9.17) is 10.5 Å². The van der Waals surface area contributed by atoms with Crippen LogP contribution in [0.2, 0.25) is 0 Å². The minimum absolute atomic E-state index is 0.165. The van der Waals surface area contributed by atoms with Gasteiger partial charge in [-0.25, -0.2) is 0 Å². The Kier molecular flexibility index (Phi) is 3.96. The van der Waals surface area contributed by atoms with Crippen LogP contribution in [0.15, 0.2) is 16.6 Å². The maximum Gasteiger partial charge on any atom is 0.119 e. The average molecular weight is 258 g/mol. The summed E-state index contributed by atoms with van der Waals surface area (Å²) in [5.41, 5.74) is 8.16. The highest BCUT2D eigenvalue weighted by molar-refractivity contribution is 9.10. The third kappa shape index (κ3) is 2.72. The molecule has 0 radical (unpaired) electrons. The fraction of sp³-hybridized carbons (Fsp3) is 0.455. The highest BCUT2D eigenvalue weighted by Crippen LogP contribution is 2.27. The standard InChI is InChI=1S/C11H16BrNO/c1-7-4-10(14-3)6-9(11(7)12)5-8(2)13/h4,6,8H,5,13H2,1-3H3. The van der Waals surface area contributed by atoms with Crippen molar-refractivity contribution in [3.05, 3.63) is 27.7 Å². The quantitative estimate of drug-likeness (QED) is 0.904. The van der Waals surface area contributed by atoms with Gasteiger partial charge in [-0.3, -0.25) is 0 Å². The fourth-order valence-electron chi connectivity index (χ4n) is 1.42. The molecule has 14 heavy (non-hydrogen) atoms. The molecule has 1 rings (SSSR count). The number of nitrogens with two attached hydrogens (primary N) is 1. The summed E-state index contributed by atoms with van der Waals surface area (Å²) in [6, 6.07) is 4.20. The Balaban J connectivity index is 3.07. The van der Waals surface area contributed by atoms with Gasteiger partial charge in [0.15, 0.2) is 0 Å². The lowest BCUT2D eigenvalue weighted by Gasteiger charge is -2.12. The predicted molar refractivity (Wildman–Crippen MR) is 62.8 cm³/mol. The van der Waals surface area contributed by atoms with Gasteiger partial charge < -0.3 is 10.5 Å². The Bertz CT molecular complexity index is 323. The van der Waals surface area contributed by atoms with Crippen LogP contribution in [0, 0.1) is 6.92 Å². The summed E-state index contributed by atoms with van der Waals surface area (Å²) in [7, 11) is 1.68. The summed E-state index contributed by atoms with van der Waals surface area (Å²) in [5, 5.41) is 0. The number of rotatable bonds is 3. The maximum absolute atomic E-state index is 5.77. The SMILES string of the molecule is COc1cc(C)c(Br)c(CC(C)N)c1. The second kappa shape index (κ2) is 4.80. The zero-order valence-electron chi connectivity index (χ0n) is 8.80. The molecule has 0 saturated heterocycles. The Hall–Kier alpha value is -0.540. The normalized spacial score (nSPS) is 12.6. The smallest absolute Gasteiger partial charge is 0.119 e. The van der Waals surface area contributed by atoms with Crippen LogP contribution in [0.1, 0.15) is 18.1 Å². The topological polar surface area (TPSA) is 35.2 Å².